The fourth-order valence-electron chi connectivity index (χ4n) is 3.52. The second-order valence-corrected chi connectivity index (χ2v) is 7.12. The van der Waals surface area contributed by atoms with Gasteiger partial charge in [0.2, 0.25) is 0 Å². The molecule has 0 aliphatic carbocycles. The van der Waals surface area contributed by atoms with E-state index in [2.05, 4.69) is 36.8 Å². The molecule has 0 saturated carbocycles. The van der Waals surface area contributed by atoms with Gasteiger partial charge in [0.05, 0.1) is 13.2 Å². The first-order chi connectivity index (χ1) is 12.7. The van der Waals surface area contributed by atoms with Crippen LogP contribution in [0, 0.1) is 6.92 Å². The van der Waals surface area contributed by atoms with Crippen LogP contribution in [0.4, 0.5) is 17.3 Å². The maximum absolute atomic E-state index is 6.13. The van der Waals surface area contributed by atoms with E-state index in [0.717, 1.165) is 75.0 Å². The monoisotopic (exact) mass is 373 g/mol. The number of rotatable bonds is 3. The van der Waals surface area contributed by atoms with E-state index >= 15 is 0 Å². The molecule has 3 heterocycles. The predicted octanol–water partition coefficient (Wildman–Crippen LogP) is 2.60. The number of ether oxygens (including phenoxy) is 1. The van der Waals surface area contributed by atoms with Crippen LogP contribution in [0.15, 0.2) is 30.3 Å². The van der Waals surface area contributed by atoms with Crippen molar-refractivity contribution in [2.75, 3.05) is 67.2 Å². The number of halogens is 1. The van der Waals surface area contributed by atoms with Crippen molar-refractivity contribution in [2.24, 2.45) is 0 Å². The number of nitrogens with zero attached hydrogens (tertiary/aromatic N) is 5. The van der Waals surface area contributed by atoms with Crippen molar-refractivity contribution in [3.63, 3.8) is 0 Å². The third-order valence-electron chi connectivity index (χ3n) is 4.92. The van der Waals surface area contributed by atoms with E-state index in [1.54, 1.807) is 0 Å². The third kappa shape index (κ3) is 3.86. The van der Waals surface area contributed by atoms with Gasteiger partial charge in [0.15, 0.2) is 0 Å². The Kier molecular flexibility index (Phi) is 5.13. The summed E-state index contributed by atoms with van der Waals surface area (Å²) in [5.74, 6) is 2.85. The number of aryl methyl sites for hydroxylation is 1. The molecule has 2 fully saturated rings. The molecule has 138 valence electrons. The summed E-state index contributed by atoms with van der Waals surface area (Å²) in [6.07, 6.45) is 0. The largest absolute Gasteiger partial charge is 0.378 e. The lowest BCUT2D eigenvalue weighted by Gasteiger charge is -2.37. The first kappa shape index (κ1) is 17.4. The number of piperazine rings is 1. The highest BCUT2D eigenvalue weighted by molar-refractivity contribution is 6.30. The van der Waals surface area contributed by atoms with Crippen LogP contribution in [0.3, 0.4) is 0 Å². The van der Waals surface area contributed by atoms with Crippen molar-refractivity contribution in [2.45, 2.75) is 6.92 Å². The molecule has 2 saturated heterocycles. The van der Waals surface area contributed by atoms with Gasteiger partial charge in [-0.05, 0) is 25.1 Å². The summed E-state index contributed by atoms with van der Waals surface area (Å²) in [4.78, 5) is 16.3. The summed E-state index contributed by atoms with van der Waals surface area (Å²) >= 11 is 6.13. The van der Waals surface area contributed by atoms with Gasteiger partial charge in [-0.3, -0.25) is 0 Å². The van der Waals surface area contributed by atoms with Crippen molar-refractivity contribution in [1.29, 1.82) is 0 Å². The Morgan fingerprint density at radius 3 is 2.12 bits per heavy atom. The number of aromatic nitrogens is 2. The predicted molar refractivity (Wildman–Crippen MR) is 106 cm³/mol. The van der Waals surface area contributed by atoms with Crippen molar-refractivity contribution in [3.8, 4) is 0 Å². The summed E-state index contributed by atoms with van der Waals surface area (Å²) in [6, 6.07) is 10.2. The van der Waals surface area contributed by atoms with E-state index in [4.69, 9.17) is 16.3 Å². The Morgan fingerprint density at radius 1 is 0.846 bits per heavy atom. The molecule has 2 aliphatic rings. The Hall–Kier alpha value is -2.05. The molecule has 6 nitrogen and oxygen atoms in total. The minimum Gasteiger partial charge on any atom is -0.378 e. The minimum absolute atomic E-state index is 0.761. The SMILES string of the molecule is Cc1nc(N2CCOCC2)cc(N2CCN(c3cccc(Cl)c3)CC2)n1. The zero-order chi connectivity index (χ0) is 17.9. The molecule has 0 spiro atoms. The number of benzene rings is 1. The van der Waals surface area contributed by atoms with Gasteiger partial charge in [0.1, 0.15) is 17.5 Å². The molecule has 1 aromatic heterocycles. The van der Waals surface area contributed by atoms with Gasteiger partial charge in [-0.15, -0.1) is 0 Å². The van der Waals surface area contributed by atoms with E-state index in [1.807, 2.05) is 25.1 Å². The van der Waals surface area contributed by atoms with Gasteiger partial charge >= 0.3 is 0 Å². The first-order valence-corrected chi connectivity index (χ1v) is 9.51. The molecule has 0 N–H and O–H groups in total. The Labute approximate surface area is 159 Å². The zero-order valence-electron chi connectivity index (χ0n) is 15.1. The Bertz CT molecular complexity index is 757. The Balaban J connectivity index is 1.46. The van der Waals surface area contributed by atoms with Crippen molar-refractivity contribution in [3.05, 3.63) is 41.2 Å². The van der Waals surface area contributed by atoms with Crippen molar-refractivity contribution in [1.82, 2.24) is 9.97 Å². The normalized spacial score (nSPS) is 18.3. The zero-order valence-corrected chi connectivity index (χ0v) is 15.8. The topological polar surface area (TPSA) is 44.7 Å². The van der Waals surface area contributed by atoms with Crippen LogP contribution in [0.2, 0.25) is 5.02 Å². The molecule has 2 aliphatic heterocycles. The van der Waals surface area contributed by atoms with Crippen LogP contribution < -0.4 is 14.7 Å². The summed E-state index contributed by atoms with van der Waals surface area (Å²) < 4.78 is 5.45. The van der Waals surface area contributed by atoms with Crippen LogP contribution in [-0.4, -0.2) is 62.5 Å². The first-order valence-electron chi connectivity index (χ1n) is 9.13. The van der Waals surface area contributed by atoms with Crippen LogP contribution in [0.1, 0.15) is 5.82 Å². The van der Waals surface area contributed by atoms with E-state index < -0.39 is 0 Å². The third-order valence-corrected chi connectivity index (χ3v) is 5.16. The fraction of sp³-hybridized carbons (Fsp3) is 0.474. The molecule has 0 radical (unpaired) electrons. The molecule has 1 aromatic carbocycles. The molecule has 0 bridgehead atoms. The maximum atomic E-state index is 6.13. The van der Waals surface area contributed by atoms with Crippen LogP contribution in [0.25, 0.3) is 0 Å². The molecule has 4 rings (SSSR count). The lowest BCUT2D eigenvalue weighted by molar-refractivity contribution is 0.122. The van der Waals surface area contributed by atoms with Crippen molar-refractivity contribution < 1.29 is 4.74 Å². The highest BCUT2D eigenvalue weighted by Crippen LogP contribution is 2.24. The second-order valence-electron chi connectivity index (χ2n) is 6.68. The maximum Gasteiger partial charge on any atom is 0.134 e. The highest BCUT2D eigenvalue weighted by Gasteiger charge is 2.21. The number of anilines is 3. The van der Waals surface area contributed by atoms with Gasteiger partial charge in [-0.25, -0.2) is 9.97 Å². The average Bonchev–Trinajstić information content (AvgIpc) is 2.68. The quantitative estimate of drug-likeness (QED) is 0.824. The van der Waals surface area contributed by atoms with E-state index in [0.29, 0.717) is 0 Å². The second kappa shape index (κ2) is 7.68. The number of hydrogen-bond acceptors (Lipinski definition) is 6. The van der Waals surface area contributed by atoms with Gasteiger partial charge < -0.3 is 19.4 Å². The van der Waals surface area contributed by atoms with Crippen LogP contribution in [-0.2, 0) is 4.74 Å². The van der Waals surface area contributed by atoms with Crippen LogP contribution >= 0.6 is 11.6 Å². The van der Waals surface area contributed by atoms with Gasteiger partial charge in [-0.2, -0.15) is 0 Å². The van der Waals surface area contributed by atoms with E-state index in [9.17, 15) is 0 Å². The van der Waals surface area contributed by atoms with Crippen LogP contribution in [0.5, 0.6) is 0 Å². The average molecular weight is 374 g/mol. The molecule has 0 amide bonds. The molecule has 2 aromatic rings. The minimum atomic E-state index is 0.761. The van der Waals surface area contributed by atoms with Gasteiger partial charge in [-0.1, -0.05) is 17.7 Å². The highest BCUT2D eigenvalue weighted by atomic mass is 35.5. The van der Waals surface area contributed by atoms with E-state index in [-0.39, 0.29) is 0 Å². The van der Waals surface area contributed by atoms with Gasteiger partial charge in [0.25, 0.3) is 0 Å². The van der Waals surface area contributed by atoms with E-state index in [1.165, 1.54) is 5.69 Å². The summed E-state index contributed by atoms with van der Waals surface area (Å²) in [5.41, 5.74) is 1.19. The van der Waals surface area contributed by atoms with Gasteiger partial charge in [0, 0.05) is 56.0 Å². The number of hydrogen-bond donors (Lipinski definition) is 0. The number of morpholine rings is 1. The molecule has 26 heavy (non-hydrogen) atoms. The molecule has 0 unspecified atom stereocenters. The molecular formula is C19H24ClN5O. The lowest BCUT2D eigenvalue weighted by Crippen LogP contribution is -2.47. The summed E-state index contributed by atoms with van der Waals surface area (Å²) in [7, 11) is 0. The molecule has 0 atom stereocenters. The standard InChI is InChI=1S/C19H24ClN5O/c1-15-21-18(14-19(22-15)25-9-11-26-12-10-25)24-7-5-23(6-8-24)17-4-2-3-16(20)13-17/h2-4,13-14H,5-12H2,1H3. The fourth-order valence-corrected chi connectivity index (χ4v) is 3.70. The molecular weight excluding hydrogens is 350 g/mol. The smallest absolute Gasteiger partial charge is 0.134 e. The van der Waals surface area contributed by atoms with Crippen molar-refractivity contribution >= 4 is 28.9 Å². The Morgan fingerprint density at radius 2 is 1.46 bits per heavy atom. The lowest BCUT2D eigenvalue weighted by atomic mass is 10.2. The molecule has 7 heteroatoms. The summed E-state index contributed by atoms with van der Waals surface area (Å²) in [6.45, 7) is 9.05. The summed E-state index contributed by atoms with van der Waals surface area (Å²) in [5, 5.41) is 0.784.